The molecule has 12 heteroatoms. The molecule has 1 amide bonds. The lowest BCUT2D eigenvalue weighted by molar-refractivity contribution is -0.143. The summed E-state index contributed by atoms with van der Waals surface area (Å²) in [4.78, 5) is 32.3. The van der Waals surface area contributed by atoms with Gasteiger partial charge in [-0.05, 0) is 32.9 Å². The molecule has 0 spiro atoms. The Morgan fingerprint density at radius 1 is 1.18 bits per heavy atom. The Kier molecular flexibility index (Phi) is 7.98. The molecule has 0 radical (unpaired) electrons. The van der Waals surface area contributed by atoms with E-state index in [-0.39, 0.29) is 12.6 Å². The largest absolute Gasteiger partial charge is 0.381 e. The Morgan fingerprint density at radius 3 is 2.54 bits per heavy atom. The van der Waals surface area contributed by atoms with Crippen LogP contribution in [0.4, 0.5) is 26.2 Å². The number of fused-ring (bicyclic) bond motifs is 1. The molecular weight excluding hydrogens is 506 g/mol. The molecule has 10 nitrogen and oxygen atoms in total. The lowest BCUT2D eigenvalue weighted by Crippen LogP contribution is -2.62. The Labute approximate surface area is 226 Å². The van der Waals surface area contributed by atoms with Crippen molar-refractivity contribution in [2.75, 3.05) is 56.0 Å². The minimum atomic E-state index is -2.33. The number of carbonyl (C=O) groups excluding carboxylic acids is 1. The third kappa shape index (κ3) is 4.85. The molecule has 0 aromatic carbocycles. The van der Waals surface area contributed by atoms with E-state index in [0.717, 1.165) is 5.56 Å². The van der Waals surface area contributed by atoms with Gasteiger partial charge in [-0.3, -0.25) is 4.79 Å². The van der Waals surface area contributed by atoms with Gasteiger partial charge in [-0.25, -0.2) is 23.7 Å². The Hall–Kier alpha value is -3.90. The van der Waals surface area contributed by atoms with Gasteiger partial charge in [0.1, 0.15) is 37.1 Å². The minimum absolute atomic E-state index is 0.167. The molecule has 1 saturated heterocycles. The molecule has 0 N–H and O–H groups in total. The van der Waals surface area contributed by atoms with Gasteiger partial charge in [0.25, 0.3) is 0 Å². The summed E-state index contributed by atoms with van der Waals surface area (Å²) in [7, 11) is 0. The molecule has 206 valence electrons. The lowest BCUT2D eigenvalue weighted by Gasteiger charge is -2.47. The summed E-state index contributed by atoms with van der Waals surface area (Å²) in [6, 6.07) is 6.36. The summed E-state index contributed by atoms with van der Waals surface area (Å²) in [5, 5.41) is 18.8. The third-order valence-corrected chi connectivity index (χ3v) is 7.55. The van der Waals surface area contributed by atoms with Crippen LogP contribution in [0.15, 0.2) is 24.7 Å². The zero-order chi connectivity index (χ0) is 28.4. The molecule has 3 atom stereocenters. The van der Waals surface area contributed by atoms with Crippen LogP contribution in [0.3, 0.4) is 0 Å². The van der Waals surface area contributed by atoms with Crippen LogP contribution in [0.1, 0.15) is 38.8 Å². The summed E-state index contributed by atoms with van der Waals surface area (Å²) in [6.07, 6.45) is 3.06. The number of hydrogen-bond donors (Lipinski definition) is 0. The van der Waals surface area contributed by atoms with Crippen LogP contribution < -0.4 is 9.80 Å². The Balaban J connectivity index is 1.74. The summed E-state index contributed by atoms with van der Waals surface area (Å²) in [6.45, 7) is 6.84. The Morgan fingerprint density at radius 2 is 1.90 bits per heavy atom. The van der Waals surface area contributed by atoms with E-state index >= 15 is 0 Å². The monoisotopic (exact) mass is 538 g/mol. The van der Waals surface area contributed by atoms with Crippen LogP contribution in [-0.2, 0) is 14.9 Å². The number of carbonyl (C=O) groups is 1. The quantitative estimate of drug-likeness (QED) is 0.499. The predicted molar refractivity (Wildman–Crippen MR) is 140 cm³/mol. The molecule has 4 rings (SSSR count). The smallest absolute Gasteiger partial charge is 0.248 e. The molecule has 2 aromatic rings. The first-order valence-corrected chi connectivity index (χ1v) is 12.9. The minimum Gasteiger partial charge on any atom is -0.381 e. The molecule has 0 saturated carbocycles. The molecular formula is C27H32F2N8O2. The molecule has 1 fully saturated rings. The number of hydrogen-bond acceptors (Lipinski definition) is 9. The van der Waals surface area contributed by atoms with Crippen molar-refractivity contribution in [3.05, 3.63) is 35.8 Å². The number of anilines is 3. The van der Waals surface area contributed by atoms with E-state index in [1.807, 2.05) is 18.7 Å². The fourth-order valence-electron chi connectivity index (χ4n) is 5.34. The third-order valence-electron chi connectivity index (χ3n) is 7.55. The van der Waals surface area contributed by atoms with Gasteiger partial charge in [0, 0.05) is 55.5 Å². The van der Waals surface area contributed by atoms with Crippen molar-refractivity contribution in [1.29, 1.82) is 10.5 Å². The fourth-order valence-corrected chi connectivity index (χ4v) is 5.34. The first kappa shape index (κ1) is 28.1. The van der Waals surface area contributed by atoms with Crippen molar-refractivity contribution >= 4 is 23.4 Å². The average Bonchev–Trinajstić information content (AvgIpc) is 3.27. The predicted octanol–water partition coefficient (Wildman–Crippen LogP) is 3.06. The summed E-state index contributed by atoms with van der Waals surface area (Å²) >= 11 is 0. The fraction of sp³-hybridized carbons (Fsp3) is 0.556. The Bertz CT molecular complexity index is 1310. The maximum Gasteiger partial charge on any atom is 0.248 e. The van der Waals surface area contributed by atoms with Crippen molar-refractivity contribution < 1.29 is 18.3 Å². The van der Waals surface area contributed by atoms with Crippen molar-refractivity contribution in [1.82, 2.24) is 19.9 Å². The van der Waals surface area contributed by atoms with E-state index in [0.29, 0.717) is 49.3 Å². The van der Waals surface area contributed by atoms with Crippen molar-refractivity contribution in [3.8, 4) is 12.1 Å². The lowest BCUT2D eigenvalue weighted by atomic mass is 9.85. The van der Waals surface area contributed by atoms with Gasteiger partial charge in [-0.15, -0.1) is 0 Å². The number of amides is 1. The van der Waals surface area contributed by atoms with E-state index in [9.17, 15) is 24.1 Å². The average molecular weight is 539 g/mol. The van der Waals surface area contributed by atoms with Crippen molar-refractivity contribution in [3.63, 3.8) is 0 Å². The van der Waals surface area contributed by atoms with Crippen LogP contribution in [0.25, 0.3) is 0 Å². The highest BCUT2D eigenvalue weighted by atomic mass is 19.1. The second-order valence-corrected chi connectivity index (χ2v) is 10.5. The van der Waals surface area contributed by atoms with E-state index in [4.69, 9.17) is 4.74 Å². The summed E-state index contributed by atoms with van der Waals surface area (Å²) in [5.41, 5.74) is -1.51. The first-order valence-electron chi connectivity index (χ1n) is 12.9. The van der Waals surface area contributed by atoms with E-state index < -0.39 is 36.1 Å². The number of nitriles is 2. The van der Waals surface area contributed by atoms with Crippen molar-refractivity contribution in [2.45, 2.75) is 45.2 Å². The normalized spacial score (nSPS) is 22.8. The molecule has 1 unspecified atom stereocenters. The highest BCUT2D eigenvalue weighted by Crippen LogP contribution is 2.47. The second kappa shape index (κ2) is 11.1. The van der Waals surface area contributed by atoms with Crippen LogP contribution in [-0.4, -0.2) is 84.0 Å². The maximum atomic E-state index is 13.7. The van der Waals surface area contributed by atoms with Crippen LogP contribution in [0.2, 0.25) is 0 Å². The van der Waals surface area contributed by atoms with Gasteiger partial charge in [-0.2, -0.15) is 10.5 Å². The molecule has 0 aliphatic carbocycles. The number of rotatable bonds is 8. The van der Waals surface area contributed by atoms with Gasteiger partial charge in [0.05, 0.1) is 24.3 Å². The van der Waals surface area contributed by atoms with E-state index in [1.165, 1.54) is 11.2 Å². The molecule has 0 bridgehead atoms. The number of piperazine rings is 1. The topological polar surface area (TPSA) is 122 Å². The molecule has 2 aromatic heterocycles. The zero-order valence-electron chi connectivity index (χ0n) is 22.6. The van der Waals surface area contributed by atoms with E-state index in [1.54, 1.807) is 31.3 Å². The van der Waals surface area contributed by atoms with Gasteiger partial charge in [0.15, 0.2) is 5.41 Å². The molecule has 2 aliphatic heterocycles. The van der Waals surface area contributed by atoms with Gasteiger partial charge < -0.3 is 19.4 Å². The van der Waals surface area contributed by atoms with Crippen molar-refractivity contribution in [2.24, 2.45) is 5.41 Å². The van der Waals surface area contributed by atoms with Crippen LogP contribution >= 0.6 is 0 Å². The van der Waals surface area contributed by atoms with Crippen LogP contribution in [0, 0.1) is 28.1 Å². The first-order chi connectivity index (χ1) is 18.7. The number of halogens is 2. The maximum absolute atomic E-state index is 13.7. The molecule has 4 heterocycles. The SMILES string of the molecule is CCOCC1(C)CN(c2cc(C#N)ccn2)c2ncnc(N3C[C@@H](C)N(C(=O)C(C#N)(CF)CF)C[C@@H]3C)c21. The highest BCUT2D eigenvalue weighted by Gasteiger charge is 2.49. The summed E-state index contributed by atoms with van der Waals surface area (Å²) in [5.74, 6) is 1.08. The molecule has 2 aliphatic rings. The zero-order valence-corrected chi connectivity index (χ0v) is 22.6. The standard InChI is InChI=1S/C27H32F2N8O2/c1-5-39-16-26(4)15-37(21-8-20(9-30)6-7-32-21)24-22(26)23(33-17-34-24)35-10-19(3)36(11-18(35)2)25(38)27(12-28,13-29)14-31/h6-8,17-19H,5,10-13,15-16H2,1-4H3/t18-,19+,26?/m0/s1. The van der Waals surface area contributed by atoms with Gasteiger partial charge >= 0.3 is 0 Å². The number of ether oxygens (including phenoxy) is 1. The second-order valence-electron chi connectivity index (χ2n) is 10.5. The molecule has 39 heavy (non-hydrogen) atoms. The number of alkyl halides is 2. The van der Waals surface area contributed by atoms with Crippen LogP contribution in [0.5, 0.6) is 0 Å². The summed E-state index contributed by atoms with van der Waals surface area (Å²) < 4.78 is 33.2. The number of nitrogens with zero attached hydrogens (tertiary/aromatic N) is 8. The number of aromatic nitrogens is 3. The number of pyridine rings is 1. The van der Waals surface area contributed by atoms with Gasteiger partial charge in [-0.1, -0.05) is 6.92 Å². The van der Waals surface area contributed by atoms with Gasteiger partial charge in [0.2, 0.25) is 5.91 Å². The highest BCUT2D eigenvalue weighted by molar-refractivity contribution is 5.86. The van der Waals surface area contributed by atoms with E-state index in [2.05, 4.69) is 32.8 Å².